The van der Waals surface area contributed by atoms with Crippen molar-refractivity contribution in [1.82, 2.24) is 9.72 Å². The standard InChI is InChI=1S/C25H18Cl3FN2O4.C4H11N/c1-12-11-31(17-6-4-5-13(19(12)17)7-8-18(32)33)24(34)21-22(30-35-23(21)25(2,3)29)20-15(27)9-14(26)10-16(20)28;1-4(2,3)5/h4-11H,1-3H3,(H,32,33);5H2,1-3H3/b8-7+;. The average molecular weight is 609 g/mol. The van der Waals surface area contributed by atoms with Crippen LogP contribution in [0.3, 0.4) is 0 Å². The van der Waals surface area contributed by atoms with Crippen molar-refractivity contribution < 1.29 is 23.6 Å². The van der Waals surface area contributed by atoms with Crippen LogP contribution in [0.4, 0.5) is 4.39 Å². The smallest absolute Gasteiger partial charge is 0.328 e. The maximum atomic E-state index is 15.2. The predicted molar refractivity (Wildman–Crippen MR) is 158 cm³/mol. The number of aryl methyl sites for hydroxylation is 1. The minimum Gasteiger partial charge on any atom is -0.478 e. The summed E-state index contributed by atoms with van der Waals surface area (Å²) in [6.45, 7) is 10.2. The number of carbonyl (C=O) groups is 2. The third kappa shape index (κ3) is 7.12. The van der Waals surface area contributed by atoms with Crippen molar-refractivity contribution in [2.24, 2.45) is 5.73 Å². The van der Waals surface area contributed by atoms with Gasteiger partial charge in [0.15, 0.2) is 11.4 Å². The fourth-order valence-corrected chi connectivity index (χ4v) is 4.93. The molecule has 212 valence electrons. The number of alkyl halides is 1. The van der Waals surface area contributed by atoms with E-state index < -0.39 is 17.5 Å². The number of hydrogen-bond donors (Lipinski definition) is 2. The van der Waals surface area contributed by atoms with Crippen molar-refractivity contribution in [2.45, 2.75) is 52.8 Å². The van der Waals surface area contributed by atoms with Gasteiger partial charge in [0.25, 0.3) is 5.91 Å². The summed E-state index contributed by atoms with van der Waals surface area (Å²) in [5.41, 5.74) is 5.11. The number of rotatable bonds is 5. The number of halogens is 4. The molecule has 4 aromatic rings. The molecule has 2 heterocycles. The zero-order chi connectivity index (χ0) is 30.2. The Hall–Kier alpha value is -3.17. The van der Waals surface area contributed by atoms with Crippen molar-refractivity contribution >= 4 is 63.7 Å². The van der Waals surface area contributed by atoms with Crippen molar-refractivity contribution in [3.63, 3.8) is 0 Å². The lowest BCUT2D eigenvalue weighted by molar-refractivity contribution is -0.131. The molecule has 4 rings (SSSR count). The molecule has 0 atom stereocenters. The van der Waals surface area contributed by atoms with Crippen molar-refractivity contribution in [3.8, 4) is 11.3 Å². The molecule has 0 amide bonds. The van der Waals surface area contributed by atoms with Crippen LogP contribution in [0, 0.1) is 6.92 Å². The third-order valence-corrected chi connectivity index (χ3v) is 6.18. The van der Waals surface area contributed by atoms with Crippen LogP contribution in [0.15, 0.2) is 47.1 Å². The van der Waals surface area contributed by atoms with E-state index in [1.807, 2.05) is 20.8 Å². The van der Waals surface area contributed by atoms with Gasteiger partial charge >= 0.3 is 5.97 Å². The Morgan fingerprint density at radius 1 is 1.10 bits per heavy atom. The van der Waals surface area contributed by atoms with Crippen LogP contribution in [0.1, 0.15) is 61.9 Å². The largest absolute Gasteiger partial charge is 0.478 e. The van der Waals surface area contributed by atoms with Crippen LogP contribution >= 0.6 is 34.8 Å². The van der Waals surface area contributed by atoms with E-state index in [9.17, 15) is 9.59 Å². The SMILES string of the molecule is CC(C)(C)N.Cc1cn(C(=O)c2c(-c3c(Cl)cc(Cl)cc3Cl)noc2C(C)(C)F)c2cccc(/C=C/C(=O)O)c12. The van der Waals surface area contributed by atoms with Crippen LogP contribution < -0.4 is 5.73 Å². The van der Waals surface area contributed by atoms with E-state index in [2.05, 4.69) is 5.16 Å². The first-order chi connectivity index (χ1) is 18.4. The molecule has 3 N–H and O–H groups in total. The Labute approximate surface area is 246 Å². The Morgan fingerprint density at radius 3 is 2.20 bits per heavy atom. The molecule has 0 radical (unpaired) electrons. The number of carboxylic acid groups (broad SMARTS) is 1. The quantitative estimate of drug-likeness (QED) is 0.221. The second kappa shape index (κ2) is 11.7. The molecule has 0 bridgehead atoms. The lowest BCUT2D eigenvalue weighted by atomic mass is 9.98. The fourth-order valence-electron chi connectivity index (χ4n) is 3.94. The number of carbonyl (C=O) groups excluding carboxylic acids is 1. The average Bonchev–Trinajstić information content (AvgIpc) is 3.38. The molecule has 0 saturated carbocycles. The van der Waals surface area contributed by atoms with E-state index in [1.165, 1.54) is 36.6 Å². The molecule has 2 aromatic heterocycles. The number of nitrogens with two attached hydrogens (primary N) is 1. The molecular formula is C29H29Cl3FN3O4. The van der Waals surface area contributed by atoms with Gasteiger partial charge < -0.3 is 15.4 Å². The zero-order valence-corrected chi connectivity index (χ0v) is 25.0. The first-order valence-electron chi connectivity index (χ1n) is 12.1. The van der Waals surface area contributed by atoms with E-state index in [4.69, 9.17) is 50.2 Å². The Kier molecular flexibility index (Phi) is 9.21. The normalized spacial score (nSPS) is 12.1. The van der Waals surface area contributed by atoms with Crippen molar-refractivity contribution in [2.75, 3.05) is 0 Å². The first-order valence-corrected chi connectivity index (χ1v) is 13.2. The van der Waals surface area contributed by atoms with Crippen LogP contribution in [-0.4, -0.2) is 32.2 Å². The number of benzene rings is 2. The lowest BCUT2D eigenvalue weighted by Crippen LogP contribution is -2.26. The number of aliphatic carboxylic acids is 1. The first kappa shape index (κ1) is 31.4. The van der Waals surface area contributed by atoms with Gasteiger partial charge in [0, 0.05) is 33.8 Å². The summed E-state index contributed by atoms with van der Waals surface area (Å²) in [7, 11) is 0. The summed E-state index contributed by atoms with van der Waals surface area (Å²) >= 11 is 18.8. The zero-order valence-electron chi connectivity index (χ0n) is 22.8. The molecule has 40 heavy (non-hydrogen) atoms. The van der Waals surface area contributed by atoms with Crippen LogP contribution in [-0.2, 0) is 10.5 Å². The van der Waals surface area contributed by atoms with Gasteiger partial charge in [-0.1, -0.05) is 52.1 Å². The van der Waals surface area contributed by atoms with Crippen LogP contribution in [0.2, 0.25) is 15.1 Å². The summed E-state index contributed by atoms with van der Waals surface area (Å²) in [4.78, 5) is 24.9. The number of nitrogens with zero attached hydrogens (tertiary/aromatic N) is 2. The molecule has 0 spiro atoms. The van der Waals surface area contributed by atoms with E-state index in [-0.39, 0.29) is 43.2 Å². The number of hydrogen-bond acceptors (Lipinski definition) is 5. The molecule has 0 unspecified atom stereocenters. The maximum Gasteiger partial charge on any atom is 0.328 e. The maximum absolute atomic E-state index is 15.2. The van der Waals surface area contributed by atoms with Gasteiger partial charge in [0.1, 0.15) is 11.3 Å². The molecular weight excluding hydrogens is 580 g/mol. The summed E-state index contributed by atoms with van der Waals surface area (Å²) < 4.78 is 21.8. The van der Waals surface area contributed by atoms with Crippen LogP contribution in [0.5, 0.6) is 0 Å². The number of aromatic nitrogens is 2. The van der Waals surface area contributed by atoms with Crippen LogP contribution in [0.25, 0.3) is 28.2 Å². The van der Waals surface area contributed by atoms with E-state index >= 15 is 4.39 Å². The van der Waals surface area contributed by atoms with E-state index in [0.717, 1.165) is 6.08 Å². The van der Waals surface area contributed by atoms with Gasteiger partial charge in [-0.05, 0) is 76.9 Å². The van der Waals surface area contributed by atoms with E-state index in [1.54, 1.807) is 31.3 Å². The van der Waals surface area contributed by atoms with Crippen molar-refractivity contribution in [3.05, 3.63) is 80.1 Å². The molecule has 0 aliphatic carbocycles. The van der Waals surface area contributed by atoms with Gasteiger partial charge in [-0.2, -0.15) is 0 Å². The topological polar surface area (TPSA) is 111 Å². The van der Waals surface area contributed by atoms with Gasteiger partial charge in [-0.3, -0.25) is 9.36 Å². The minimum absolute atomic E-state index is 0. The fraction of sp³-hybridized carbons (Fsp3) is 0.276. The second-order valence-electron chi connectivity index (χ2n) is 10.7. The molecule has 0 fully saturated rings. The van der Waals surface area contributed by atoms with Gasteiger partial charge in [-0.25, -0.2) is 9.18 Å². The summed E-state index contributed by atoms with van der Waals surface area (Å²) in [5, 5.41) is 14.2. The Balaban J connectivity index is 0.000000810. The molecule has 11 heteroatoms. The molecule has 7 nitrogen and oxygen atoms in total. The molecule has 0 aliphatic heterocycles. The molecule has 2 aromatic carbocycles. The third-order valence-electron chi connectivity index (χ3n) is 5.37. The monoisotopic (exact) mass is 607 g/mol. The van der Waals surface area contributed by atoms with Gasteiger partial charge in [0.05, 0.1) is 15.6 Å². The number of carboxylic acids is 1. The highest BCUT2D eigenvalue weighted by molar-refractivity contribution is 6.42. The summed E-state index contributed by atoms with van der Waals surface area (Å²) in [6.07, 6.45) is 4.04. The Morgan fingerprint density at radius 2 is 1.68 bits per heavy atom. The van der Waals surface area contributed by atoms with Crippen molar-refractivity contribution in [1.29, 1.82) is 0 Å². The molecule has 0 saturated heterocycles. The summed E-state index contributed by atoms with van der Waals surface area (Å²) in [6, 6.07) is 7.99. The second-order valence-corrected chi connectivity index (χ2v) is 12.0. The Bertz CT molecular complexity index is 1600. The van der Waals surface area contributed by atoms with Gasteiger partial charge in [0.2, 0.25) is 0 Å². The molecule has 0 aliphatic rings. The number of fused-ring (bicyclic) bond motifs is 1. The highest BCUT2D eigenvalue weighted by Crippen LogP contribution is 2.42. The summed E-state index contributed by atoms with van der Waals surface area (Å²) in [5.74, 6) is -2.02. The van der Waals surface area contributed by atoms with Gasteiger partial charge in [-0.15, -0.1) is 0 Å². The highest BCUT2D eigenvalue weighted by Gasteiger charge is 2.36. The minimum atomic E-state index is -2.06. The highest BCUT2D eigenvalue weighted by atomic mass is 35.5. The van der Waals surface area contributed by atoms with E-state index in [0.29, 0.717) is 22.0 Å². The lowest BCUT2D eigenvalue weighted by Gasteiger charge is -2.14. The predicted octanol–water partition coefficient (Wildman–Crippen LogP) is 8.30.